The van der Waals surface area contributed by atoms with Crippen LogP contribution in [-0.2, 0) is 16.1 Å². The standard InChI is InChI=1S/C18H25N5O3S/c1-4-23-17(22-9-11-26-12-10-22)20-21-18(23)27-13(2)16(24)19-14-5-7-15(25-3)8-6-14/h5-8,13H,4,9-12H2,1-3H3,(H,19,24)/t13-/m1/s1. The Kier molecular flexibility index (Phi) is 6.57. The van der Waals surface area contributed by atoms with Crippen molar-refractivity contribution in [3.8, 4) is 5.75 Å². The van der Waals surface area contributed by atoms with Gasteiger partial charge in [-0.15, -0.1) is 10.2 Å². The van der Waals surface area contributed by atoms with E-state index in [1.54, 1.807) is 7.11 Å². The van der Waals surface area contributed by atoms with E-state index in [-0.39, 0.29) is 11.2 Å². The van der Waals surface area contributed by atoms with Crippen molar-refractivity contribution >= 4 is 29.3 Å². The summed E-state index contributed by atoms with van der Waals surface area (Å²) in [6.07, 6.45) is 0. The monoisotopic (exact) mass is 391 g/mol. The molecule has 0 bridgehead atoms. The van der Waals surface area contributed by atoms with Crippen LogP contribution in [0.15, 0.2) is 29.4 Å². The number of methoxy groups -OCH3 is 1. The number of rotatable bonds is 7. The maximum atomic E-state index is 12.5. The third-order valence-corrected chi connectivity index (χ3v) is 5.40. The molecule has 1 aliphatic heterocycles. The number of carbonyl (C=O) groups excluding carboxylic acids is 1. The molecule has 0 unspecified atom stereocenters. The zero-order chi connectivity index (χ0) is 19.2. The van der Waals surface area contributed by atoms with E-state index in [2.05, 4.69) is 27.3 Å². The molecule has 8 nitrogen and oxygen atoms in total. The molecule has 1 fully saturated rings. The van der Waals surface area contributed by atoms with Crippen LogP contribution >= 0.6 is 11.8 Å². The van der Waals surface area contributed by atoms with Crippen LogP contribution in [0.3, 0.4) is 0 Å². The van der Waals surface area contributed by atoms with Gasteiger partial charge in [0.2, 0.25) is 11.9 Å². The number of thioether (sulfide) groups is 1. The Labute approximate surface area is 163 Å². The summed E-state index contributed by atoms with van der Waals surface area (Å²) < 4.78 is 12.6. The molecule has 0 spiro atoms. The molecule has 9 heteroatoms. The van der Waals surface area contributed by atoms with Gasteiger partial charge < -0.3 is 19.7 Å². The summed E-state index contributed by atoms with van der Waals surface area (Å²) in [5, 5.41) is 12.0. The lowest BCUT2D eigenvalue weighted by molar-refractivity contribution is -0.115. The van der Waals surface area contributed by atoms with Crippen LogP contribution in [0.4, 0.5) is 11.6 Å². The summed E-state index contributed by atoms with van der Waals surface area (Å²) >= 11 is 1.41. The van der Waals surface area contributed by atoms with Crippen LogP contribution in [0.25, 0.3) is 0 Å². The molecule has 2 aromatic rings. The molecule has 0 aliphatic carbocycles. The van der Waals surface area contributed by atoms with Gasteiger partial charge in [-0.25, -0.2) is 0 Å². The maximum absolute atomic E-state index is 12.5. The highest BCUT2D eigenvalue weighted by atomic mass is 32.2. The number of anilines is 2. The Balaban J connectivity index is 1.64. The van der Waals surface area contributed by atoms with E-state index in [1.165, 1.54) is 11.8 Å². The zero-order valence-electron chi connectivity index (χ0n) is 15.8. The maximum Gasteiger partial charge on any atom is 0.237 e. The second kappa shape index (κ2) is 9.09. The summed E-state index contributed by atoms with van der Waals surface area (Å²) in [5.41, 5.74) is 0.735. The number of carbonyl (C=O) groups is 1. The first-order chi connectivity index (χ1) is 13.1. The molecule has 1 aromatic heterocycles. The fourth-order valence-corrected chi connectivity index (χ4v) is 3.68. The van der Waals surface area contributed by atoms with E-state index in [0.717, 1.165) is 42.2 Å². The minimum atomic E-state index is -0.306. The number of nitrogens with one attached hydrogen (secondary N) is 1. The van der Waals surface area contributed by atoms with Gasteiger partial charge in [-0.2, -0.15) is 0 Å². The normalized spacial score (nSPS) is 15.4. The fraction of sp³-hybridized carbons (Fsp3) is 0.500. The number of benzene rings is 1. The van der Waals surface area contributed by atoms with Crippen molar-refractivity contribution in [2.75, 3.05) is 43.6 Å². The van der Waals surface area contributed by atoms with Crippen molar-refractivity contribution in [3.05, 3.63) is 24.3 Å². The van der Waals surface area contributed by atoms with Crippen molar-refractivity contribution < 1.29 is 14.3 Å². The third-order valence-electron chi connectivity index (χ3n) is 4.32. The lowest BCUT2D eigenvalue weighted by Crippen LogP contribution is -2.38. The quantitative estimate of drug-likeness (QED) is 0.725. The Morgan fingerprint density at radius 1 is 1.30 bits per heavy atom. The van der Waals surface area contributed by atoms with Gasteiger partial charge in [-0.05, 0) is 38.1 Å². The number of ether oxygens (including phenoxy) is 2. The van der Waals surface area contributed by atoms with Crippen LogP contribution in [0, 0.1) is 0 Å². The molecular formula is C18H25N5O3S. The van der Waals surface area contributed by atoms with Gasteiger partial charge in [0.1, 0.15) is 5.75 Å². The van der Waals surface area contributed by atoms with Gasteiger partial charge in [0.15, 0.2) is 5.16 Å². The van der Waals surface area contributed by atoms with Crippen LogP contribution in [0.1, 0.15) is 13.8 Å². The second-order valence-corrected chi connectivity index (χ2v) is 7.41. The topological polar surface area (TPSA) is 81.5 Å². The van der Waals surface area contributed by atoms with Gasteiger partial charge in [0.05, 0.1) is 25.6 Å². The van der Waals surface area contributed by atoms with Gasteiger partial charge in [0.25, 0.3) is 0 Å². The predicted octanol–water partition coefficient (Wildman–Crippen LogP) is 2.26. The molecule has 1 atom stereocenters. The smallest absolute Gasteiger partial charge is 0.237 e. The molecule has 146 valence electrons. The molecule has 2 heterocycles. The van der Waals surface area contributed by atoms with Crippen molar-refractivity contribution in [1.82, 2.24) is 14.8 Å². The van der Waals surface area contributed by atoms with Crippen molar-refractivity contribution in [2.24, 2.45) is 0 Å². The van der Waals surface area contributed by atoms with Gasteiger partial charge in [-0.3, -0.25) is 9.36 Å². The molecular weight excluding hydrogens is 366 g/mol. The summed E-state index contributed by atoms with van der Waals surface area (Å²) in [5.74, 6) is 1.51. The Hall–Kier alpha value is -2.26. The van der Waals surface area contributed by atoms with Crippen LogP contribution in [-0.4, -0.2) is 59.3 Å². The molecule has 1 aliphatic rings. The fourth-order valence-electron chi connectivity index (χ4n) is 2.77. The average molecular weight is 391 g/mol. The molecule has 1 N–H and O–H groups in total. The third kappa shape index (κ3) is 4.72. The van der Waals surface area contributed by atoms with Gasteiger partial charge in [-0.1, -0.05) is 11.8 Å². The Morgan fingerprint density at radius 2 is 2.00 bits per heavy atom. The van der Waals surface area contributed by atoms with E-state index in [1.807, 2.05) is 35.8 Å². The highest BCUT2D eigenvalue weighted by molar-refractivity contribution is 8.00. The van der Waals surface area contributed by atoms with E-state index < -0.39 is 0 Å². The number of hydrogen-bond acceptors (Lipinski definition) is 7. The average Bonchev–Trinajstić information content (AvgIpc) is 3.11. The highest BCUT2D eigenvalue weighted by Crippen LogP contribution is 2.27. The summed E-state index contributed by atoms with van der Waals surface area (Å²) in [6.45, 7) is 7.66. The first-order valence-corrected chi connectivity index (χ1v) is 9.87. The first-order valence-electron chi connectivity index (χ1n) is 8.99. The Morgan fingerprint density at radius 3 is 2.63 bits per heavy atom. The van der Waals surface area contributed by atoms with E-state index in [4.69, 9.17) is 9.47 Å². The van der Waals surface area contributed by atoms with E-state index in [9.17, 15) is 4.79 Å². The summed E-state index contributed by atoms with van der Waals surface area (Å²) in [4.78, 5) is 14.7. The van der Waals surface area contributed by atoms with Gasteiger partial charge in [0, 0.05) is 25.3 Å². The second-order valence-electron chi connectivity index (χ2n) is 6.10. The molecule has 0 radical (unpaired) electrons. The largest absolute Gasteiger partial charge is 0.497 e. The number of hydrogen-bond donors (Lipinski definition) is 1. The van der Waals surface area contributed by atoms with Gasteiger partial charge >= 0.3 is 0 Å². The van der Waals surface area contributed by atoms with E-state index in [0.29, 0.717) is 13.2 Å². The SMILES string of the molecule is CCn1c(S[C@H](C)C(=O)Nc2ccc(OC)cc2)nnc1N1CCOCC1. The van der Waals surface area contributed by atoms with Crippen LogP contribution < -0.4 is 15.0 Å². The molecule has 1 amide bonds. The molecule has 27 heavy (non-hydrogen) atoms. The lowest BCUT2D eigenvalue weighted by Gasteiger charge is -2.27. The van der Waals surface area contributed by atoms with Crippen molar-refractivity contribution in [2.45, 2.75) is 30.8 Å². The molecule has 1 saturated heterocycles. The predicted molar refractivity (Wildman–Crippen MR) is 106 cm³/mol. The minimum absolute atomic E-state index is 0.0799. The minimum Gasteiger partial charge on any atom is -0.497 e. The number of nitrogens with zero attached hydrogens (tertiary/aromatic N) is 4. The zero-order valence-corrected chi connectivity index (χ0v) is 16.7. The van der Waals surface area contributed by atoms with Crippen molar-refractivity contribution in [3.63, 3.8) is 0 Å². The van der Waals surface area contributed by atoms with Crippen molar-refractivity contribution in [1.29, 1.82) is 0 Å². The highest BCUT2D eigenvalue weighted by Gasteiger charge is 2.23. The molecule has 1 aromatic carbocycles. The number of morpholine rings is 1. The van der Waals surface area contributed by atoms with Crippen LogP contribution in [0.5, 0.6) is 5.75 Å². The number of aromatic nitrogens is 3. The summed E-state index contributed by atoms with van der Waals surface area (Å²) in [7, 11) is 1.61. The van der Waals surface area contributed by atoms with Crippen LogP contribution in [0.2, 0.25) is 0 Å². The first kappa shape index (κ1) is 19.5. The Bertz CT molecular complexity index is 759. The summed E-state index contributed by atoms with van der Waals surface area (Å²) in [6, 6.07) is 7.27. The molecule has 3 rings (SSSR count). The van der Waals surface area contributed by atoms with E-state index >= 15 is 0 Å². The molecule has 0 saturated carbocycles. The number of amides is 1. The lowest BCUT2D eigenvalue weighted by atomic mass is 10.3.